The third-order valence-corrected chi connectivity index (χ3v) is 5.26. The van der Waals surface area contributed by atoms with Gasteiger partial charge in [0.1, 0.15) is 5.82 Å². The van der Waals surface area contributed by atoms with Gasteiger partial charge in [-0.3, -0.25) is 9.59 Å². The van der Waals surface area contributed by atoms with Gasteiger partial charge in [0, 0.05) is 37.7 Å². The van der Waals surface area contributed by atoms with E-state index in [0.717, 1.165) is 31.2 Å². The van der Waals surface area contributed by atoms with E-state index in [1.807, 2.05) is 11.8 Å². The molecule has 0 unspecified atom stereocenters. The molecule has 0 N–H and O–H groups in total. The number of carbonyl (C=O) groups excluding carboxylic acids is 2. The summed E-state index contributed by atoms with van der Waals surface area (Å²) in [5, 5.41) is 0. The van der Waals surface area contributed by atoms with Gasteiger partial charge in [0.15, 0.2) is 0 Å². The summed E-state index contributed by atoms with van der Waals surface area (Å²) in [6, 6.07) is 4.30. The van der Waals surface area contributed by atoms with Crippen molar-refractivity contribution in [1.29, 1.82) is 0 Å². The van der Waals surface area contributed by atoms with Crippen LogP contribution in [0.4, 0.5) is 4.39 Å². The number of rotatable bonds is 2. The maximum atomic E-state index is 13.4. The van der Waals surface area contributed by atoms with Crippen molar-refractivity contribution in [2.45, 2.75) is 39.0 Å². The Bertz CT molecular complexity index is 618. The molecule has 24 heavy (non-hydrogen) atoms. The predicted octanol–water partition coefficient (Wildman–Crippen LogP) is 3.00. The zero-order valence-electron chi connectivity index (χ0n) is 14.3. The summed E-state index contributed by atoms with van der Waals surface area (Å²) in [5.74, 6) is -0.109. The van der Waals surface area contributed by atoms with Crippen LogP contribution in [0.5, 0.6) is 0 Å². The minimum atomic E-state index is -0.393. The fourth-order valence-electron chi connectivity index (χ4n) is 3.73. The lowest BCUT2D eigenvalue weighted by Crippen LogP contribution is -2.52. The summed E-state index contributed by atoms with van der Waals surface area (Å²) in [7, 11) is 0. The van der Waals surface area contributed by atoms with Crippen LogP contribution in [-0.4, -0.2) is 47.8 Å². The SMILES string of the molecule is Cc1ccc(F)cc1C(=O)N1CCN(C(=O)C2CCCCC2)CC1. The van der Waals surface area contributed by atoms with Crippen LogP contribution in [0.25, 0.3) is 0 Å². The lowest BCUT2D eigenvalue weighted by atomic mass is 9.88. The Morgan fingerprint density at radius 3 is 2.29 bits per heavy atom. The molecule has 1 aromatic rings. The van der Waals surface area contributed by atoms with Gasteiger partial charge < -0.3 is 9.80 Å². The molecule has 0 bridgehead atoms. The summed E-state index contributed by atoms with van der Waals surface area (Å²) in [5.41, 5.74) is 1.20. The largest absolute Gasteiger partial charge is 0.339 e. The molecule has 1 heterocycles. The van der Waals surface area contributed by atoms with Gasteiger partial charge in [-0.15, -0.1) is 0 Å². The molecular weight excluding hydrogens is 307 g/mol. The van der Waals surface area contributed by atoms with Crippen LogP contribution >= 0.6 is 0 Å². The number of nitrogens with zero attached hydrogens (tertiary/aromatic N) is 2. The maximum absolute atomic E-state index is 13.4. The van der Waals surface area contributed by atoms with Crippen LogP contribution in [0.15, 0.2) is 18.2 Å². The Morgan fingerprint density at radius 1 is 1.00 bits per heavy atom. The molecule has 1 saturated carbocycles. The topological polar surface area (TPSA) is 40.6 Å². The summed E-state index contributed by atoms with van der Waals surface area (Å²) < 4.78 is 13.4. The fraction of sp³-hybridized carbons (Fsp3) is 0.579. The van der Waals surface area contributed by atoms with E-state index in [1.165, 1.54) is 18.6 Å². The molecule has 0 spiro atoms. The normalized spacial score (nSPS) is 19.4. The van der Waals surface area contributed by atoms with E-state index in [0.29, 0.717) is 31.7 Å². The minimum Gasteiger partial charge on any atom is -0.339 e. The van der Waals surface area contributed by atoms with E-state index in [4.69, 9.17) is 0 Å². The third kappa shape index (κ3) is 3.60. The molecule has 2 amide bonds. The standard InChI is InChI=1S/C19H25FN2O2/c1-14-7-8-16(20)13-17(14)19(24)22-11-9-21(10-12-22)18(23)15-5-3-2-4-6-15/h7-8,13,15H,2-6,9-12H2,1H3. The van der Waals surface area contributed by atoms with Gasteiger partial charge in [-0.25, -0.2) is 4.39 Å². The zero-order chi connectivity index (χ0) is 17.1. The van der Waals surface area contributed by atoms with E-state index in [1.54, 1.807) is 11.0 Å². The van der Waals surface area contributed by atoms with Gasteiger partial charge in [0.25, 0.3) is 5.91 Å². The second-order valence-corrected chi connectivity index (χ2v) is 6.91. The summed E-state index contributed by atoms with van der Waals surface area (Å²) >= 11 is 0. The smallest absolute Gasteiger partial charge is 0.254 e. The van der Waals surface area contributed by atoms with Crippen LogP contribution in [0.2, 0.25) is 0 Å². The van der Waals surface area contributed by atoms with Crippen LogP contribution in [-0.2, 0) is 4.79 Å². The number of hydrogen-bond acceptors (Lipinski definition) is 2. The molecule has 3 rings (SSSR count). The van der Waals surface area contributed by atoms with Crippen molar-refractivity contribution in [3.8, 4) is 0 Å². The number of amides is 2. The average molecular weight is 332 g/mol. The first-order chi connectivity index (χ1) is 11.6. The molecule has 0 radical (unpaired) electrons. The molecule has 4 nitrogen and oxygen atoms in total. The highest BCUT2D eigenvalue weighted by Crippen LogP contribution is 2.26. The average Bonchev–Trinajstić information content (AvgIpc) is 2.63. The molecule has 1 aliphatic carbocycles. The number of benzene rings is 1. The molecule has 1 aliphatic heterocycles. The first-order valence-electron chi connectivity index (χ1n) is 8.90. The molecule has 1 saturated heterocycles. The van der Waals surface area contributed by atoms with Gasteiger partial charge in [-0.05, 0) is 37.5 Å². The summed E-state index contributed by atoms with van der Waals surface area (Å²) in [4.78, 5) is 28.8. The van der Waals surface area contributed by atoms with Crippen molar-refractivity contribution in [2.24, 2.45) is 5.92 Å². The van der Waals surface area contributed by atoms with Crippen molar-refractivity contribution in [3.05, 3.63) is 35.1 Å². The molecule has 5 heteroatoms. The van der Waals surface area contributed by atoms with E-state index < -0.39 is 5.82 Å². The summed E-state index contributed by atoms with van der Waals surface area (Å²) in [6.45, 7) is 4.01. The second-order valence-electron chi connectivity index (χ2n) is 6.91. The Morgan fingerprint density at radius 2 is 1.62 bits per heavy atom. The van der Waals surface area contributed by atoms with Crippen molar-refractivity contribution >= 4 is 11.8 Å². The minimum absolute atomic E-state index is 0.142. The van der Waals surface area contributed by atoms with Crippen molar-refractivity contribution in [1.82, 2.24) is 9.80 Å². The molecular formula is C19H25FN2O2. The Hall–Kier alpha value is -1.91. The Labute approximate surface area is 142 Å². The van der Waals surface area contributed by atoms with Crippen molar-refractivity contribution in [3.63, 3.8) is 0 Å². The van der Waals surface area contributed by atoms with Gasteiger partial charge >= 0.3 is 0 Å². The third-order valence-electron chi connectivity index (χ3n) is 5.26. The quantitative estimate of drug-likeness (QED) is 0.835. The van der Waals surface area contributed by atoms with E-state index in [-0.39, 0.29) is 17.7 Å². The van der Waals surface area contributed by atoms with Crippen molar-refractivity contribution in [2.75, 3.05) is 26.2 Å². The van der Waals surface area contributed by atoms with Gasteiger partial charge in [0.05, 0.1) is 0 Å². The van der Waals surface area contributed by atoms with Gasteiger partial charge in [-0.1, -0.05) is 25.3 Å². The number of aryl methyl sites for hydroxylation is 1. The van der Waals surface area contributed by atoms with Crippen LogP contribution < -0.4 is 0 Å². The first kappa shape index (κ1) is 16.9. The molecule has 0 aromatic heterocycles. The monoisotopic (exact) mass is 332 g/mol. The molecule has 2 fully saturated rings. The summed E-state index contributed by atoms with van der Waals surface area (Å²) in [6.07, 6.45) is 5.53. The van der Waals surface area contributed by atoms with Crippen molar-refractivity contribution < 1.29 is 14.0 Å². The molecule has 0 atom stereocenters. The maximum Gasteiger partial charge on any atom is 0.254 e. The highest BCUT2D eigenvalue weighted by Gasteiger charge is 2.30. The molecule has 2 aliphatic rings. The van der Waals surface area contributed by atoms with Gasteiger partial charge in [-0.2, -0.15) is 0 Å². The predicted molar refractivity (Wildman–Crippen MR) is 90.2 cm³/mol. The van der Waals surface area contributed by atoms with Crippen LogP contribution in [0.3, 0.4) is 0 Å². The van der Waals surface area contributed by atoms with Crippen LogP contribution in [0, 0.1) is 18.7 Å². The Kier molecular flexibility index (Phi) is 5.17. The number of halogens is 1. The highest BCUT2D eigenvalue weighted by atomic mass is 19.1. The molecule has 1 aromatic carbocycles. The number of hydrogen-bond donors (Lipinski definition) is 0. The van der Waals surface area contributed by atoms with E-state index >= 15 is 0 Å². The van der Waals surface area contributed by atoms with E-state index in [9.17, 15) is 14.0 Å². The number of piperazine rings is 1. The van der Waals surface area contributed by atoms with Crippen LogP contribution in [0.1, 0.15) is 48.0 Å². The lowest BCUT2D eigenvalue weighted by molar-refractivity contribution is -0.138. The van der Waals surface area contributed by atoms with Gasteiger partial charge in [0.2, 0.25) is 5.91 Å². The fourth-order valence-corrected chi connectivity index (χ4v) is 3.73. The zero-order valence-corrected chi connectivity index (χ0v) is 14.3. The van der Waals surface area contributed by atoms with E-state index in [2.05, 4.69) is 0 Å². The Balaban J connectivity index is 1.59. The first-order valence-corrected chi connectivity index (χ1v) is 8.90. The second kappa shape index (κ2) is 7.32. The number of carbonyl (C=O) groups is 2. The molecule has 130 valence electrons. The highest BCUT2D eigenvalue weighted by molar-refractivity contribution is 5.95. The lowest BCUT2D eigenvalue weighted by Gasteiger charge is -2.37.